The second-order valence-electron chi connectivity index (χ2n) is 5.52. The first-order valence-electron chi connectivity index (χ1n) is 6.63. The van der Waals surface area contributed by atoms with E-state index in [0.717, 1.165) is 30.2 Å². The summed E-state index contributed by atoms with van der Waals surface area (Å²) in [6.45, 7) is 3.96. The molecule has 2 aromatic rings. The van der Waals surface area contributed by atoms with Gasteiger partial charge in [0.1, 0.15) is 5.54 Å². The normalized spacial score (nSPS) is 17.9. The lowest BCUT2D eigenvalue weighted by molar-refractivity contribution is -0.135. The van der Waals surface area contributed by atoms with Gasteiger partial charge in [-0.25, -0.2) is 0 Å². The fourth-order valence-electron chi connectivity index (χ4n) is 2.92. The van der Waals surface area contributed by atoms with Gasteiger partial charge in [-0.05, 0) is 25.3 Å². The average molecular weight is 242 g/mol. The second kappa shape index (κ2) is 3.94. The summed E-state index contributed by atoms with van der Waals surface area (Å²) < 4.78 is 1.97. The van der Waals surface area contributed by atoms with Crippen molar-refractivity contribution in [1.82, 2.24) is 9.78 Å². The van der Waals surface area contributed by atoms with E-state index < -0.39 is 0 Å². The van der Waals surface area contributed by atoms with Crippen molar-refractivity contribution in [3.05, 3.63) is 30.5 Å². The maximum absolute atomic E-state index is 12.5. The lowest BCUT2D eigenvalue weighted by Gasteiger charge is -2.42. The lowest BCUT2D eigenvalue weighted by Crippen LogP contribution is -2.50. The fourth-order valence-corrected chi connectivity index (χ4v) is 2.92. The van der Waals surface area contributed by atoms with E-state index in [1.807, 2.05) is 42.9 Å². The maximum Gasteiger partial charge on any atom is 0.162 e. The molecule has 1 heterocycles. The molecule has 0 atom stereocenters. The molecule has 0 N–H and O–H groups in total. The molecule has 18 heavy (non-hydrogen) atoms. The molecule has 0 aliphatic heterocycles. The third kappa shape index (κ3) is 1.43. The van der Waals surface area contributed by atoms with E-state index >= 15 is 0 Å². The van der Waals surface area contributed by atoms with E-state index in [9.17, 15) is 4.79 Å². The Bertz CT molecular complexity index is 593. The minimum atomic E-state index is -0.378. The predicted molar refractivity (Wildman–Crippen MR) is 71.4 cm³/mol. The minimum Gasteiger partial charge on any atom is -0.297 e. The summed E-state index contributed by atoms with van der Waals surface area (Å²) in [5.41, 5.74) is 0.697. The van der Waals surface area contributed by atoms with Crippen LogP contribution in [0.2, 0.25) is 0 Å². The van der Waals surface area contributed by atoms with Crippen LogP contribution in [0.1, 0.15) is 33.1 Å². The van der Waals surface area contributed by atoms with Gasteiger partial charge < -0.3 is 0 Å². The molecule has 1 aromatic heterocycles. The molecule has 1 saturated carbocycles. The van der Waals surface area contributed by atoms with E-state index in [0.29, 0.717) is 5.78 Å². The second-order valence-corrected chi connectivity index (χ2v) is 5.52. The zero-order valence-electron chi connectivity index (χ0n) is 10.9. The Hall–Kier alpha value is -1.64. The minimum absolute atomic E-state index is 0.0632. The largest absolute Gasteiger partial charge is 0.297 e. The Labute approximate surface area is 107 Å². The Morgan fingerprint density at radius 1 is 1.33 bits per heavy atom. The van der Waals surface area contributed by atoms with Crippen molar-refractivity contribution in [2.45, 2.75) is 38.6 Å². The molecule has 3 rings (SSSR count). The molecule has 1 aromatic carbocycles. The van der Waals surface area contributed by atoms with E-state index in [4.69, 9.17) is 0 Å². The Balaban J connectivity index is 2.15. The molecule has 0 bridgehead atoms. The zero-order chi connectivity index (χ0) is 12.8. The zero-order valence-corrected chi connectivity index (χ0v) is 10.9. The first-order valence-corrected chi connectivity index (χ1v) is 6.63. The van der Waals surface area contributed by atoms with Crippen molar-refractivity contribution in [1.29, 1.82) is 0 Å². The number of ketones is 1. The standard InChI is InChI=1S/C15H18N2O/c1-11(2)14(18)15(8-5-9-15)17-13-7-4-3-6-12(13)10-16-17/h3-4,6-7,10-11H,5,8-9H2,1-2H3. The maximum atomic E-state index is 12.5. The number of rotatable bonds is 3. The highest BCUT2D eigenvalue weighted by Crippen LogP contribution is 2.42. The number of aromatic nitrogens is 2. The molecule has 0 spiro atoms. The van der Waals surface area contributed by atoms with Crippen LogP contribution in [0.15, 0.2) is 30.5 Å². The molecule has 94 valence electrons. The van der Waals surface area contributed by atoms with Gasteiger partial charge in [0.05, 0.1) is 11.7 Å². The van der Waals surface area contributed by atoms with Crippen LogP contribution >= 0.6 is 0 Å². The number of carbonyl (C=O) groups excluding carboxylic acids is 1. The van der Waals surface area contributed by atoms with Crippen LogP contribution in [0.25, 0.3) is 10.9 Å². The van der Waals surface area contributed by atoms with E-state index in [1.165, 1.54) is 0 Å². The number of carbonyl (C=O) groups is 1. The van der Waals surface area contributed by atoms with Gasteiger partial charge in [0.15, 0.2) is 5.78 Å². The fraction of sp³-hybridized carbons (Fsp3) is 0.467. The van der Waals surface area contributed by atoms with E-state index in [1.54, 1.807) is 0 Å². The van der Waals surface area contributed by atoms with Crippen LogP contribution < -0.4 is 0 Å². The van der Waals surface area contributed by atoms with Crippen LogP contribution in [-0.4, -0.2) is 15.6 Å². The number of hydrogen-bond donors (Lipinski definition) is 0. The average Bonchev–Trinajstić information content (AvgIpc) is 2.72. The third-order valence-electron chi connectivity index (χ3n) is 4.05. The van der Waals surface area contributed by atoms with Gasteiger partial charge in [-0.2, -0.15) is 5.10 Å². The Morgan fingerprint density at radius 3 is 2.67 bits per heavy atom. The first-order chi connectivity index (χ1) is 8.65. The number of nitrogens with zero attached hydrogens (tertiary/aromatic N) is 2. The van der Waals surface area contributed by atoms with Crippen LogP contribution in [0.5, 0.6) is 0 Å². The molecule has 0 unspecified atom stereocenters. The van der Waals surface area contributed by atoms with Gasteiger partial charge in [-0.3, -0.25) is 9.48 Å². The highest BCUT2D eigenvalue weighted by Gasteiger charge is 2.47. The smallest absolute Gasteiger partial charge is 0.162 e. The molecule has 0 saturated heterocycles. The third-order valence-corrected chi connectivity index (χ3v) is 4.05. The molecule has 3 heteroatoms. The highest BCUT2D eigenvalue weighted by molar-refractivity contribution is 5.91. The predicted octanol–water partition coefficient (Wildman–Crippen LogP) is 3.14. The van der Waals surface area contributed by atoms with Gasteiger partial charge in [-0.1, -0.05) is 32.0 Å². The van der Waals surface area contributed by atoms with Crippen molar-refractivity contribution >= 4 is 16.7 Å². The molecule has 1 aliphatic rings. The van der Waals surface area contributed by atoms with E-state index in [-0.39, 0.29) is 11.5 Å². The van der Waals surface area contributed by atoms with E-state index in [2.05, 4.69) is 11.2 Å². The Morgan fingerprint density at radius 2 is 2.06 bits per heavy atom. The van der Waals surface area contributed by atoms with Crippen molar-refractivity contribution < 1.29 is 4.79 Å². The van der Waals surface area contributed by atoms with Gasteiger partial charge >= 0.3 is 0 Å². The van der Waals surface area contributed by atoms with Gasteiger partial charge in [0.25, 0.3) is 0 Å². The van der Waals surface area contributed by atoms with Gasteiger partial charge in [0, 0.05) is 11.3 Å². The summed E-state index contributed by atoms with van der Waals surface area (Å²) in [7, 11) is 0. The molecule has 0 amide bonds. The quantitative estimate of drug-likeness (QED) is 0.828. The van der Waals surface area contributed by atoms with Gasteiger partial charge in [0.2, 0.25) is 0 Å². The number of Topliss-reactive ketones (excluding diaryl/α,β-unsaturated/α-hetero) is 1. The molecule has 1 fully saturated rings. The van der Waals surface area contributed by atoms with Crippen LogP contribution in [0, 0.1) is 5.92 Å². The van der Waals surface area contributed by atoms with Crippen molar-refractivity contribution in [3.63, 3.8) is 0 Å². The van der Waals surface area contributed by atoms with Crippen molar-refractivity contribution in [3.8, 4) is 0 Å². The van der Waals surface area contributed by atoms with Crippen molar-refractivity contribution in [2.75, 3.05) is 0 Å². The van der Waals surface area contributed by atoms with Gasteiger partial charge in [-0.15, -0.1) is 0 Å². The monoisotopic (exact) mass is 242 g/mol. The van der Waals surface area contributed by atoms with Crippen molar-refractivity contribution in [2.24, 2.45) is 5.92 Å². The SMILES string of the molecule is CC(C)C(=O)C1(n2ncc3ccccc32)CCC1. The highest BCUT2D eigenvalue weighted by atomic mass is 16.1. The number of benzene rings is 1. The summed E-state index contributed by atoms with van der Waals surface area (Å²) >= 11 is 0. The summed E-state index contributed by atoms with van der Waals surface area (Å²) in [4.78, 5) is 12.5. The number of hydrogen-bond acceptors (Lipinski definition) is 2. The molecule has 1 aliphatic carbocycles. The van der Waals surface area contributed by atoms with Crippen LogP contribution in [-0.2, 0) is 10.3 Å². The summed E-state index contributed by atoms with van der Waals surface area (Å²) in [6, 6.07) is 8.11. The number of para-hydroxylation sites is 1. The van der Waals surface area contributed by atoms with Crippen LogP contribution in [0.4, 0.5) is 0 Å². The summed E-state index contributed by atoms with van der Waals surface area (Å²) in [5, 5.41) is 5.60. The van der Waals surface area contributed by atoms with Crippen LogP contribution in [0.3, 0.4) is 0 Å². The first kappa shape index (κ1) is 11.5. The lowest BCUT2D eigenvalue weighted by atomic mass is 9.70. The summed E-state index contributed by atoms with van der Waals surface area (Å²) in [5.74, 6) is 0.385. The molecular formula is C15H18N2O. The molecular weight excluding hydrogens is 224 g/mol. The topological polar surface area (TPSA) is 34.9 Å². The Kier molecular flexibility index (Phi) is 2.51. The number of fused-ring (bicyclic) bond motifs is 1. The molecule has 3 nitrogen and oxygen atoms in total. The summed E-state index contributed by atoms with van der Waals surface area (Å²) in [6.07, 6.45) is 4.83. The molecule has 0 radical (unpaired) electrons.